The zero-order valence-electron chi connectivity index (χ0n) is 21.5. The largest absolute Gasteiger partial charge is 0.465 e. The molecule has 38 heavy (non-hydrogen) atoms. The molecule has 0 spiro atoms. The van der Waals surface area contributed by atoms with Crippen LogP contribution in [-0.4, -0.2) is 52.6 Å². The highest BCUT2D eigenvalue weighted by Gasteiger charge is 2.23. The van der Waals surface area contributed by atoms with Crippen molar-refractivity contribution in [1.82, 2.24) is 14.8 Å². The molecule has 11 heteroatoms. The van der Waals surface area contributed by atoms with Crippen molar-refractivity contribution < 1.29 is 14.3 Å². The van der Waals surface area contributed by atoms with E-state index >= 15 is 0 Å². The lowest BCUT2D eigenvalue weighted by atomic mass is 10.0. The molecule has 4 aromatic rings. The number of carbonyl (C=O) groups excluding carboxylic acids is 2. The number of rotatable bonds is 10. The van der Waals surface area contributed by atoms with Gasteiger partial charge in [-0.05, 0) is 55.8 Å². The lowest BCUT2D eigenvalue weighted by Gasteiger charge is -2.21. The Balaban J connectivity index is 1.45. The molecule has 0 bridgehead atoms. The minimum absolute atomic E-state index is 0.0989. The molecule has 2 heterocycles. The molecule has 0 unspecified atom stereocenters. The van der Waals surface area contributed by atoms with E-state index in [4.69, 9.17) is 16.3 Å². The molecular formula is C27H28ClN5O3S2. The van der Waals surface area contributed by atoms with Crippen LogP contribution in [0.1, 0.15) is 24.2 Å². The van der Waals surface area contributed by atoms with Gasteiger partial charge in [-0.3, -0.25) is 4.79 Å². The van der Waals surface area contributed by atoms with Crippen LogP contribution in [0.2, 0.25) is 5.02 Å². The van der Waals surface area contributed by atoms with Gasteiger partial charge >= 0.3 is 5.97 Å². The molecule has 0 aliphatic carbocycles. The average Bonchev–Trinajstić information content (AvgIpc) is 3.51. The van der Waals surface area contributed by atoms with E-state index in [2.05, 4.69) is 46.4 Å². The van der Waals surface area contributed by atoms with Gasteiger partial charge in [-0.2, -0.15) is 0 Å². The van der Waals surface area contributed by atoms with Crippen molar-refractivity contribution in [2.45, 2.75) is 19.0 Å². The van der Waals surface area contributed by atoms with Crippen molar-refractivity contribution in [2.24, 2.45) is 7.05 Å². The Bertz CT molecular complexity index is 1410. The molecule has 0 aliphatic rings. The van der Waals surface area contributed by atoms with Crippen molar-refractivity contribution >= 4 is 57.3 Å². The summed E-state index contributed by atoms with van der Waals surface area (Å²) in [4.78, 5) is 27.7. The van der Waals surface area contributed by atoms with Crippen LogP contribution in [0.3, 0.4) is 0 Å². The number of carbonyl (C=O) groups is 2. The van der Waals surface area contributed by atoms with Gasteiger partial charge in [0.05, 0.1) is 12.9 Å². The van der Waals surface area contributed by atoms with Gasteiger partial charge in [-0.15, -0.1) is 21.5 Å². The first-order valence-electron chi connectivity index (χ1n) is 12.0. The number of halogens is 1. The monoisotopic (exact) mass is 569 g/mol. The number of amides is 1. The van der Waals surface area contributed by atoms with Gasteiger partial charge in [-0.1, -0.05) is 35.5 Å². The van der Waals surface area contributed by atoms with E-state index in [1.807, 2.05) is 41.3 Å². The van der Waals surface area contributed by atoms with Crippen LogP contribution in [0, 0.1) is 0 Å². The van der Waals surface area contributed by atoms with Crippen molar-refractivity contribution in [3.63, 3.8) is 0 Å². The van der Waals surface area contributed by atoms with Crippen LogP contribution in [-0.2, 0) is 16.6 Å². The molecule has 2 aromatic heterocycles. The third kappa shape index (κ3) is 6.03. The first-order chi connectivity index (χ1) is 18.4. The maximum atomic E-state index is 12.8. The molecule has 0 fully saturated rings. The number of esters is 1. The van der Waals surface area contributed by atoms with E-state index in [-0.39, 0.29) is 11.7 Å². The van der Waals surface area contributed by atoms with Crippen LogP contribution >= 0.6 is 34.7 Å². The SMILES string of the molecule is CCN(CC)c1ccc(-c2nnc(SCC(=O)Nc3scc(-c4ccc(Cl)cc4)c3C(=O)OC)n2C)cc1. The molecule has 1 N–H and O–H groups in total. The second-order valence-electron chi connectivity index (χ2n) is 8.27. The summed E-state index contributed by atoms with van der Waals surface area (Å²) in [7, 11) is 3.19. The Hall–Kier alpha value is -3.34. The Kier molecular flexibility index (Phi) is 9.09. The zero-order valence-corrected chi connectivity index (χ0v) is 23.9. The Labute approximate surface area is 235 Å². The topological polar surface area (TPSA) is 89.3 Å². The van der Waals surface area contributed by atoms with Crippen LogP contribution in [0.15, 0.2) is 59.1 Å². The molecule has 1 amide bonds. The summed E-state index contributed by atoms with van der Waals surface area (Å²) in [6.45, 7) is 6.15. The predicted molar refractivity (Wildman–Crippen MR) is 155 cm³/mol. The van der Waals surface area contributed by atoms with Crippen molar-refractivity contribution in [3.8, 4) is 22.5 Å². The van der Waals surface area contributed by atoms with E-state index in [1.165, 1.54) is 30.2 Å². The molecule has 8 nitrogen and oxygen atoms in total. The van der Waals surface area contributed by atoms with Crippen LogP contribution < -0.4 is 10.2 Å². The molecular weight excluding hydrogens is 542 g/mol. The molecule has 2 aromatic carbocycles. The highest BCUT2D eigenvalue weighted by Crippen LogP contribution is 2.37. The van der Waals surface area contributed by atoms with Crippen molar-refractivity contribution in [1.29, 1.82) is 0 Å². The fourth-order valence-corrected chi connectivity index (χ4v) is 5.80. The van der Waals surface area contributed by atoms with Gasteiger partial charge in [0.1, 0.15) is 10.6 Å². The number of methoxy groups -OCH3 is 1. The first kappa shape index (κ1) is 27.7. The Morgan fingerprint density at radius 2 is 1.71 bits per heavy atom. The number of thioether (sulfide) groups is 1. The van der Waals surface area contributed by atoms with E-state index < -0.39 is 5.97 Å². The molecule has 0 atom stereocenters. The Morgan fingerprint density at radius 3 is 2.34 bits per heavy atom. The summed E-state index contributed by atoms with van der Waals surface area (Å²) < 4.78 is 6.86. The first-order valence-corrected chi connectivity index (χ1v) is 14.2. The highest BCUT2D eigenvalue weighted by molar-refractivity contribution is 7.99. The number of thiophene rings is 1. The lowest BCUT2D eigenvalue weighted by molar-refractivity contribution is -0.113. The zero-order chi connectivity index (χ0) is 27.2. The fraction of sp³-hybridized carbons (Fsp3) is 0.259. The summed E-state index contributed by atoms with van der Waals surface area (Å²) in [6.07, 6.45) is 0. The Morgan fingerprint density at radius 1 is 1.05 bits per heavy atom. The van der Waals surface area contributed by atoms with Gasteiger partial charge in [-0.25, -0.2) is 4.79 Å². The highest BCUT2D eigenvalue weighted by atomic mass is 35.5. The van der Waals surface area contributed by atoms with Gasteiger partial charge in [0.25, 0.3) is 0 Å². The van der Waals surface area contributed by atoms with Crippen molar-refractivity contribution in [2.75, 3.05) is 36.2 Å². The lowest BCUT2D eigenvalue weighted by Crippen LogP contribution is -2.21. The number of nitrogens with one attached hydrogen (secondary N) is 1. The average molecular weight is 570 g/mol. The minimum atomic E-state index is -0.524. The number of aromatic nitrogens is 3. The predicted octanol–water partition coefficient (Wildman–Crippen LogP) is 6.23. The molecule has 0 saturated carbocycles. The fourth-order valence-electron chi connectivity index (χ4n) is 3.99. The normalized spacial score (nSPS) is 10.9. The van der Waals surface area contributed by atoms with E-state index in [0.29, 0.717) is 26.3 Å². The third-order valence-electron chi connectivity index (χ3n) is 6.01. The van der Waals surface area contributed by atoms with Crippen molar-refractivity contribution in [3.05, 3.63) is 64.5 Å². The molecule has 0 aliphatic heterocycles. The summed E-state index contributed by atoms with van der Waals surface area (Å²) in [5, 5.41) is 14.9. The number of ether oxygens (including phenoxy) is 1. The number of nitrogens with zero attached hydrogens (tertiary/aromatic N) is 4. The molecule has 0 saturated heterocycles. The van der Waals surface area contributed by atoms with Gasteiger partial charge < -0.3 is 19.5 Å². The molecule has 198 valence electrons. The number of benzene rings is 2. The second kappa shape index (κ2) is 12.5. The van der Waals surface area contributed by atoms with Crippen LogP contribution in [0.4, 0.5) is 10.7 Å². The molecule has 0 radical (unpaired) electrons. The second-order valence-corrected chi connectivity index (χ2v) is 10.5. The number of hydrogen-bond acceptors (Lipinski definition) is 8. The summed E-state index contributed by atoms with van der Waals surface area (Å²) in [6, 6.07) is 15.4. The summed E-state index contributed by atoms with van der Waals surface area (Å²) in [5.74, 6) is 0.0292. The standard InChI is InChI=1S/C27H28ClN5O3S2/c1-5-33(6-2)20-13-9-18(10-14-20)24-30-31-27(32(24)3)38-16-22(34)29-25-23(26(35)36-4)21(15-37-25)17-7-11-19(28)12-8-17/h7-15H,5-6,16H2,1-4H3,(H,29,34). The van der Waals surface area contributed by atoms with Crippen LogP contribution in [0.25, 0.3) is 22.5 Å². The van der Waals surface area contributed by atoms with E-state index in [9.17, 15) is 9.59 Å². The summed E-state index contributed by atoms with van der Waals surface area (Å²) >= 11 is 8.54. The molecule has 4 rings (SSSR count). The smallest absolute Gasteiger partial charge is 0.341 e. The minimum Gasteiger partial charge on any atom is -0.465 e. The van der Waals surface area contributed by atoms with Gasteiger partial charge in [0.15, 0.2) is 11.0 Å². The maximum Gasteiger partial charge on any atom is 0.341 e. The van der Waals surface area contributed by atoms with E-state index in [1.54, 1.807) is 12.1 Å². The number of anilines is 2. The quantitative estimate of drug-likeness (QED) is 0.179. The summed E-state index contributed by atoms with van der Waals surface area (Å²) in [5.41, 5.74) is 3.89. The van der Waals surface area contributed by atoms with Gasteiger partial charge in [0.2, 0.25) is 5.91 Å². The van der Waals surface area contributed by atoms with Crippen LogP contribution in [0.5, 0.6) is 0 Å². The number of hydrogen-bond donors (Lipinski definition) is 1. The third-order valence-corrected chi connectivity index (χ3v) is 8.18. The van der Waals surface area contributed by atoms with Gasteiger partial charge in [0, 0.05) is 47.4 Å². The maximum absolute atomic E-state index is 12.8. The van der Waals surface area contributed by atoms with E-state index in [0.717, 1.165) is 35.7 Å².